The molecule has 0 fully saturated rings. The van der Waals surface area contributed by atoms with E-state index in [2.05, 4.69) is 28.2 Å². The lowest BCUT2D eigenvalue weighted by Crippen LogP contribution is -2.36. The van der Waals surface area contributed by atoms with Gasteiger partial charge in [0.25, 0.3) is 5.91 Å². The van der Waals surface area contributed by atoms with Crippen LogP contribution in [0.2, 0.25) is 0 Å². The number of benzene rings is 1. The number of ether oxygens (including phenoxy) is 2. The smallest absolute Gasteiger partial charge is 0.260 e. The van der Waals surface area contributed by atoms with Crippen molar-refractivity contribution < 1.29 is 14.3 Å². The summed E-state index contributed by atoms with van der Waals surface area (Å²) in [5.74, 6) is 1.27. The van der Waals surface area contributed by atoms with Gasteiger partial charge in [0.2, 0.25) is 0 Å². The van der Waals surface area contributed by atoms with Crippen molar-refractivity contribution in [2.75, 3.05) is 13.7 Å². The first-order chi connectivity index (χ1) is 9.58. The second-order valence-electron chi connectivity index (χ2n) is 4.55. The number of methoxy groups -OCH3 is 1. The van der Waals surface area contributed by atoms with Crippen LogP contribution in [0.25, 0.3) is 0 Å². The molecule has 0 saturated carbocycles. The number of rotatable bonds is 8. The maximum Gasteiger partial charge on any atom is 0.260 e. The van der Waals surface area contributed by atoms with E-state index in [-0.39, 0.29) is 5.91 Å². The fourth-order valence-electron chi connectivity index (χ4n) is 1.68. The van der Waals surface area contributed by atoms with Crippen LogP contribution >= 0.6 is 15.9 Å². The standard InChI is InChI=1S/C15H22BrNO3/c1-4-5-6-9-17-15(18)11(2)20-14-8-7-12(19-3)10-13(14)16/h7-8,10-11H,4-6,9H2,1-3H3,(H,17,18). The summed E-state index contributed by atoms with van der Waals surface area (Å²) in [6.07, 6.45) is 2.74. The molecule has 1 aromatic carbocycles. The minimum Gasteiger partial charge on any atom is -0.497 e. The Bertz CT molecular complexity index is 437. The molecule has 1 rings (SSSR count). The molecule has 1 unspecified atom stereocenters. The second-order valence-corrected chi connectivity index (χ2v) is 5.41. The van der Waals surface area contributed by atoms with Gasteiger partial charge in [0.1, 0.15) is 11.5 Å². The summed E-state index contributed by atoms with van der Waals surface area (Å²) < 4.78 is 11.5. The van der Waals surface area contributed by atoms with E-state index < -0.39 is 6.10 Å². The number of halogens is 1. The van der Waals surface area contributed by atoms with Crippen molar-refractivity contribution in [1.82, 2.24) is 5.32 Å². The van der Waals surface area contributed by atoms with E-state index in [1.807, 2.05) is 0 Å². The van der Waals surface area contributed by atoms with Crippen LogP contribution in [0.15, 0.2) is 22.7 Å². The van der Waals surface area contributed by atoms with Crippen LogP contribution in [0.4, 0.5) is 0 Å². The molecule has 0 spiro atoms. The van der Waals surface area contributed by atoms with Gasteiger partial charge in [-0.05, 0) is 47.5 Å². The Hall–Kier alpha value is -1.23. The molecular formula is C15H22BrNO3. The zero-order valence-electron chi connectivity index (χ0n) is 12.2. The van der Waals surface area contributed by atoms with Crippen molar-refractivity contribution in [3.63, 3.8) is 0 Å². The Kier molecular flexibility index (Phi) is 7.44. The summed E-state index contributed by atoms with van der Waals surface area (Å²) in [6.45, 7) is 4.57. The first kappa shape index (κ1) is 16.8. The zero-order valence-corrected chi connectivity index (χ0v) is 13.8. The van der Waals surface area contributed by atoms with E-state index >= 15 is 0 Å². The Morgan fingerprint density at radius 3 is 2.75 bits per heavy atom. The summed E-state index contributed by atoms with van der Waals surface area (Å²) in [5, 5.41) is 2.88. The third-order valence-corrected chi connectivity index (χ3v) is 3.51. The normalized spacial score (nSPS) is 11.8. The van der Waals surface area contributed by atoms with E-state index in [1.54, 1.807) is 32.2 Å². The zero-order chi connectivity index (χ0) is 15.0. The van der Waals surface area contributed by atoms with Crippen molar-refractivity contribution >= 4 is 21.8 Å². The first-order valence-corrected chi connectivity index (χ1v) is 7.65. The van der Waals surface area contributed by atoms with E-state index in [4.69, 9.17) is 9.47 Å². The predicted molar refractivity (Wildman–Crippen MR) is 83.3 cm³/mol. The van der Waals surface area contributed by atoms with Gasteiger partial charge in [-0.15, -0.1) is 0 Å². The number of unbranched alkanes of at least 4 members (excludes halogenated alkanes) is 2. The number of nitrogens with one attached hydrogen (secondary N) is 1. The highest BCUT2D eigenvalue weighted by Crippen LogP contribution is 2.29. The number of carbonyl (C=O) groups excluding carboxylic acids is 1. The summed E-state index contributed by atoms with van der Waals surface area (Å²) in [6, 6.07) is 5.39. The van der Waals surface area contributed by atoms with Crippen LogP contribution in [0.3, 0.4) is 0 Å². The van der Waals surface area contributed by atoms with Gasteiger partial charge in [0, 0.05) is 6.54 Å². The van der Waals surface area contributed by atoms with Gasteiger partial charge in [-0.2, -0.15) is 0 Å². The quantitative estimate of drug-likeness (QED) is 0.734. The molecular weight excluding hydrogens is 322 g/mol. The first-order valence-electron chi connectivity index (χ1n) is 6.86. The molecule has 112 valence electrons. The molecule has 0 aliphatic rings. The fourth-order valence-corrected chi connectivity index (χ4v) is 2.13. The highest BCUT2D eigenvalue weighted by Gasteiger charge is 2.15. The van der Waals surface area contributed by atoms with Crippen molar-refractivity contribution in [1.29, 1.82) is 0 Å². The summed E-state index contributed by atoms with van der Waals surface area (Å²) >= 11 is 3.40. The molecule has 0 heterocycles. The molecule has 0 saturated heterocycles. The number of carbonyl (C=O) groups is 1. The third kappa shape index (κ3) is 5.41. The largest absolute Gasteiger partial charge is 0.497 e. The SMILES string of the molecule is CCCCCNC(=O)C(C)Oc1ccc(OC)cc1Br. The molecule has 1 atom stereocenters. The fraction of sp³-hybridized carbons (Fsp3) is 0.533. The van der Waals surface area contributed by atoms with Crippen LogP contribution in [0, 0.1) is 0 Å². The Morgan fingerprint density at radius 2 is 2.15 bits per heavy atom. The second kappa shape index (κ2) is 8.84. The van der Waals surface area contributed by atoms with Gasteiger partial charge in [0.15, 0.2) is 6.10 Å². The van der Waals surface area contributed by atoms with E-state index in [1.165, 1.54) is 0 Å². The minimum atomic E-state index is -0.527. The van der Waals surface area contributed by atoms with Gasteiger partial charge < -0.3 is 14.8 Å². The molecule has 0 aliphatic carbocycles. The molecule has 0 aromatic heterocycles. The van der Waals surface area contributed by atoms with E-state index in [0.717, 1.165) is 29.5 Å². The van der Waals surface area contributed by atoms with Crippen molar-refractivity contribution in [3.8, 4) is 11.5 Å². The lowest BCUT2D eigenvalue weighted by molar-refractivity contribution is -0.127. The summed E-state index contributed by atoms with van der Waals surface area (Å²) in [7, 11) is 1.61. The van der Waals surface area contributed by atoms with Crippen LogP contribution in [0.1, 0.15) is 33.1 Å². The highest BCUT2D eigenvalue weighted by molar-refractivity contribution is 9.10. The lowest BCUT2D eigenvalue weighted by Gasteiger charge is -2.16. The predicted octanol–water partition coefficient (Wildman–Crippen LogP) is 3.53. The summed E-state index contributed by atoms with van der Waals surface area (Å²) in [5.41, 5.74) is 0. The third-order valence-electron chi connectivity index (χ3n) is 2.89. The van der Waals surface area contributed by atoms with Gasteiger partial charge in [-0.1, -0.05) is 19.8 Å². The van der Waals surface area contributed by atoms with Crippen LogP contribution in [-0.4, -0.2) is 25.7 Å². The van der Waals surface area contributed by atoms with Gasteiger partial charge in [-0.3, -0.25) is 4.79 Å². The van der Waals surface area contributed by atoms with Crippen molar-refractivity contribution in [3.05, 3.63) is 22.7 Å². The molecule has 1 aromatic rings. The molecule has 1 N–H and O–H groups in total. The lowest BCUT2D eigenvalue weighted by atomic mass is 10.2. The monoisotopic (exact) mass is 343 g/mol. The number of hydrogen-bond donors (Lipinski definition) is 1. The molecule has 4 nitrogen and oxygen atoms in total. The van der Waals surface area contributed by atoms with Crippen LogP contribution in [0.5, 0.6) is 11.5 Å². The Morgan fingerprint density at radius 1 is 1.40 bits per heavy atom. The Balaban J connectivity index is 2.48. The number of hydrogen-bond acceptors (Lipinski definition) is 3. The molecule has 0 bridgehead atoms. The topological polar surface area (TPSA) is 47.6 Å². The van der Waals surface area contributed by atoms with Gasteiger partial charge >= 0.3 is 0 Å². The molecule has 5 heteroatoms. The van der Waals surface area contributed by atoms with Crippen molar-refractivity contribution in [2.24, 2.45) is 0 Å². The Labute approximate surface area is 129 Å². The maximum atomic E-state index is 11.9. The minimum absolute atomic E-state index is 0.0937. The summed E-state index contributed by atoms with van der Waals surface area (Å²) in [4.78, 5) is 11.9. The molecule has 1 amide bonds. The van der Waals surface area contributed by atoms with Crippen molar-refractivity contribution in [2.45, 2.75) is 39.2 Å². The van der Waals surface area contributed by atoms with Gasteiger partial charge in [-0.25, -0.2) is 0 Å². The maximum absolute atomic E-state index is 11.9. The molecule has 0 aliphatic heterocycles. The van der Waals surface area contributed by atoms with Crippen LogP contribution < -0.4 is 14.8 Å². The number of amides is 1. The average molecular weight is 344 g/mol. The van der Waals surface area contributed by atoms with Gasteiger partial charge in [0.05, 0.1) is 11.6 Å². The van der Waals surface area contributed by atoms with Crippen LogP contribution in [-0.2, 0) is 4.79 Å². The molecule has 20 heavy (non-hydrogen) atoms. The van der Waals surface area contributed by atoms with E-state index in [0.29, 0.717) is 12.3 Å². The average Bonchev–Trinajstić information content (AvgIpc) is 2.45. The highest BCUT2D eigenvalue weighted by atomic mass is 79.9. The molecule has 0 radical (unpaired) electrons. The van der Waals surface area contributed by atoms with E-state index in [9.17, 15) is 4.79 Å².